The van der Waals surface area contributed by atoms with Crippen LogP contribution in [0.2, 0.25) is 0 Å². The molecule has 5 heteroatoms. The number of ether oxygens (including phenoxy) is 1. The molecule has 0 aliphatic carbocycles. The molecule has 0 saturated heterocycles. The molecule has 0 aliphatic heterocycles. The maximum Gasteiger partial charge on any atom is 0.328 e. The molecule has 0 heterocycles. The standard InChI is InChI=1S/C11H8FNO3/c1-16-11-7(3-5-10(14)15)2-4-9(12)8(11)6-13/h2-5H,1H3,(H,14,15)/b5-3+. The number of carboxylic acid groups (broad SMARTS) is 1. The molecule has 82 valence electrons. The lowest BCUT2D eigenvalue weighted by Gasteiger charge is -2.06. The van der Waals surface area contributed by atoms with Gasteiger partial charge in [0, 0.05) is 11.6 Å². The van der Waals surface area contributed by atoms with Crippen molar-refractivity contribution in [2.75, 3.05) is 7.11 Å². The van der Waals surface area contributed by atoms with Crippen molar-refractivity contribution in [1.82, 2.24) is 0 Å². The zero-order chi connectivity index (χ0) is 12.1. The van der Waals surface area contributed by atoms with Gasteiger partial charge in [0.25, 0.3) is 0 Å². The molecule has 16 heavy (non-hydrogen) atoms. The van der Waals surface area contributed by atoms with E-state index in [1.165, 1.54) is 19.3 Å². The van der Waals surface area contributed by atoms with E-state index in [0.29, 0.717) is 5.56 Å². The Labute approximate surface area is 91.2 Å². The van der Waals surface area contributed by atoms with Crippen LogP contribution in [0.3, 0.4) is 0 Å². The van der Waals surface area contributed by atoms with Crippen LogP contribution < -0.4 is 4.74 Å². The molecule has 4 nitrogen and oxygen atoms in total. The first-order valence-corrected chi connectivity index (χ1v) is 4.27. The predicted molar refractivity (Wildman–Crippen MR) is 54.3 cm³/mol. The second kappa shape index (κ2) is 4.94. The Morgan fingerprint density at radius 2 is 2.31 bits per heavy atom. The molecule has 1 N–H and O–H groups in total. The highest BCUT2D eigenvalue weighted by atomic mass is 19.1. The number of carbonyl (C=O) groups is 1. The number of hydrogen-bond acceptors (Lipinski definition) is 3. The van der Waals surface area contributed by atoms with Gasteiger partial charge >= 0.3 is 5.97 Å². The van der Waals surface area contributed by atoms with Crippen molar-refractivity contribution >= 4 is 12.0 Å². The molecule has 0 aromatic heterocycles. The molecule has 1 aromatic carbocycles. The summed E-state index contributed by atoms with van der Waals surface area (Å²) < 4.78 is 18.0. The van der Waals surface area contributed by atoms with Crippen molar-refractivity contribution in [3.63, 3.8) is 0 Å². The number of rotatable bonds is 3. The SMILES string of the molecule is COc1c(/C=C/C(=O)O)ccc(F)c1C#N. The highest BCUT2D eigenvalue weighted by Gasteiger charge is 2.12. The topological polar surface area (TPSA) is 70.3 Å². The van der Waals surface area contributed by atoms with Crippen LogP contribution >= 0.6 is 0 Å². The predicted octanol–water partition coefficient (Wildman–Crippen LogP) is 1.80. The molecular formula is C11H8FNO3. The maximum absolute atomic E-state index is 13.2. The number of benzene rings is 1. The molecule has 1 aromatic rings. The van der Waals surface area contributed by atoms with Crippen molar-refractivity contribution in [2.45, 2.75) is 0 Å². The van der Waals surface area contributed by atoms with Crippen LogP contribution in [0.4, 0.5) is 4.39 Å². The third-order valence-electron chi connectivity index (χ3n) is 1.86. The summed E-state index contributed by atoms with van der Waals surface area (Å²) in [5.74, 6) is -1.81. The van der Waals surface area contributed by atoms with Gasteiger partial charge in [-0.05, 0) is 18.2 Å². The Balaban J connectivity index is 3.31. The van der Waals surface area contributed by atoms with E-state index in [2.05, 4.69) is 0 Å². The Morgan fingerprint density at radius 1 is 1.62 bits per heavy atom. The van der Waals surface area contributed by atoms with E-state index in [9.17, 15) is 9.18 Å². The summed E-state index contributed by atoms with van der Waals surface area (Å²) in [6.45, 7) is 0. The average molecular weight is 221 g/mol. The molecule has 0 bridgehead atoms. The monoisotopic (exact) mass is 221 g/mol. The van der Waals surface area contributed by atoms with E-state index < -0.39 is 11.8 Å². The van der Waals surface area contributed by atoms with E-state index in [1.807, 2.05) is 0 Å². The number of halogens is 1. The summed E-state index contributed by atoms with van der Waals surface area (Å²) in [4.78, 5) is 10.3. The first-order valence-electron chi connectivity index (χ1n) is 4.27. The Morgan fingerprint density at radius 3 is 2.81 bits per heavy atom. The fourth-order valence-corrected chi connectivity index (χ4v) is 1.19. The molecule has 0 radical (unpaired) electrons. The highest BCUT2D eigenvalue weighted by molar-refractivity contribution is 5.86. The molecule has 0 unspecified atom stereocenters. The smallest absolute Gasteiger partial charge is 0.328 e. The normalized spacial score (nSPS) is 10.1. The van der Waals surface area contributed by atoms with Gasteiger partial charge in [0.2, 0.25) is 0 Å². The second-order valence-electron chi connectivity index (χ2n) is 2.83. The first-order chi connectivity index (χ1) is 7.60. The lowest BCUT2D eigenvalue weighted by atomic mass is 10.1. The maximum atomic E-state index is 13.2. The van der Waals surface area contributed by atoms with Gasteiger partial charge in [0.1, 0.15) is 23.2 Å². The van der Waals surface area contributed by atoms with E-state index >= 15 is 0 Å². The lowest BCUT2D eigenvalue weighted by Crippen LogP contribution is -1.95. The molecular weight excluding hydrogens is 213 g/mol. The summed E-state index contributed by atoms with van der Waals surface area (Å²) in [6, 6.07) is 4.09. The molecule has 0 fully saturated rings. The van der Waals surface area contributed by atoms with Crippen molar-refractivity contribution in [1.29, 1.82) is 5.26 Å². The number of carboxylic acids is 1. The van der Waals surface area contributed by atoms with Gasteiger partial charge < -0.3 is 9.84 Å². The van der Waals surface area contributed by atoms with Crippen LogP contribution in [0.1, 0.15) is 11.1 Å². The third-order valence-corrected chi connectivity index (χ3v) is 1.86. The van der Waals surface area contributed by atoms with Crippen molar-refractivity contribution < 1.29 is 19.0 Å². The van der Waals surface area contributed by atoms with Crippen LogP contribution in [-0.4, -0.2) is 18.2 Å². The first kappa shape index (κ1) is 11.7. The number of nitriles is 1. The molecule has 0 saturated carbocycles. The van der Waals surface area contributed by atoms with Crippen LogP contribution in [0, 0.1) is 17.1 Å². The van der Waals surface area contributed by atoms with Crippen LogP contribution in [0.15, 0.2) is 18.2 Å². The van der Waals surface area contributed by atoms with Crippen molar-refractivity contribution in [3.8, 4) is 11.8 Å². The minimum atomic E-state index is -1.13. The van der Waals surface area contributed by atoms with Crippen LogP contribution in [-0.2, 0) is 4.79 Å². The Bertz CT molecular complexity index is 489. The van der Waals surface area contributed by atoms with Gasteiger partial charge in [-0.3, -0.25) is 0 Å². The minimum absolute atomic E-state index is 0.0278. The van der Waals surface area contributed by atoms with Crippen LogP contribution in [0.5, 0.6) is 5.75 Å². The summed E-state index contributed by atoms with van der Waals surface area (Å²) in [7, 11) is 1.29. The summed E-state index contributed by atoms with van der Waals surface area (Å²) in [5, 5.41) is 17.2. The molecule has 0 amide bonds. The number of nitrogens with zero attached hydrogens (tertiary/aromatic N) is 1. The quantitative estimate of drug-likeness (QED) is 0.790. The average Bonchev–Trinajstić information content (AvgIpc) is 2.26. The zero-order valence-electron chi connectivity index (χ0n) is 8.40. The van der Waals surface area contributed by atoms with Gasteiger partial charge in [0.05, 0.1) is 7.11 Å². The lowest BCUT2D eigenvalue weighted by molar-refractivity contribution is -0.131. The van der Waals surface area contributed by atoms with Gasteiger partial charge in [-0.25, -0.2) is 9.18 Å². The van der Waals surface area contributed by atoms with Crippen LogP contribution in [0.25, 0.3) is 6.08 Å². The highest BCUT2D eigenvalue weighted by Crippen LogP contribution is 2.26. The molecule has 1 rings (SSSR count). The summed E-state index contributed by atoms with van der Waals surface area (Å²) in [5.41, 5.74) is 0.0953. The number of hydrogen-bond donors (Lipinski definition) is 1. The largest absolute Gasteiger partial charge is 0.495 e. The zero-order valence-corrected chi connectivity index (χ0v) is 8.40. The minimum Gasteiger partial charge on any atom is -0.495 e. The van der Waals surface area contributed by atoms with Gasteiger partial charge in [-0.15, -0.1) is 0 Å². The van der Waals surface area contributed by atoms with E-state index in [1.54, 1.807) is 6.07 Å². The second-order valence-corrected chi connectivity index (χ2v) is 2.83. The third kappa shape index (κ3) is 2.36. The molecule has 0 aliphatic rings. The number of methoxy groups -OCH3 is 1. The van der Waals surface area contributed by atoms with Crippen molar-refractivity contribution in [2.24, 2.45) is 0 Å². The number of aliphatic carboxylic acids is 1. The van der Waals surface area contributed by atoms with Gasteiger partial charge in [-0.2, -0.15) is 5.26 Å². The van der Waals surface area contributed by atoms with E-state index in [-0.39, 0.29) is 11.3 Å². The van der Waals surface area contributed by atoms with Gasteiger partial charge in [-0.1, -0.05) is 0 Å². The fourth-order valence-electron chi connectivity index (χ4n) is 1.19. The fraction of sp³-hybridized carbons (Fsp3) is 0.0909. The Hall–Kier alpha value is -2.35. The van der Waals surface area contributed by atoms with Crippen molar-refractivity contribution in [3.05, 3.63) is 35.2 Å². The summed E-state index contributed by atoms with van der Waals surface area (Å²) >= 11 is 0. The van der Waals surface area contributed by atoms with Gasteiger partial charge in [0.15, 0.2) is 0 Å². The van der Waals surface area contributed by atoms with E-state index in [0.717, 1.165) is 12.1 Å². The summed E-state index contributed by atoms with van der Waals surface area (Å²) in [6.07, 6.45) is 2.12. The molecule has 0 atom stereocenters. The van der Waals surface area contributed by atoms with E-state index in [4.69, 9.17) is 15.1 Å². The Kier molecular flexibility index (Phi) is 3.62. The molecule has 0 spiro atoms.